The molecule has 0 bridgehead atoms. The highest BCUT2D eigenvalue weighted by Gasteiger charge is 2.49. The standard InChI is InChI=1S/C18H26Br2N2O5/c19-11-5-10(7-21-12-3-1-2-4-12)15(13(20)6-11)22-18(9-23)17(26)16(25)14(24)8-27-18/h5-6,12,14,16-17,21-26H,1-4,7-9H2/t14-,16-,17+,18-/m1/s1. The summed E-state index contributed by atoms with van der Waals surface area (Å²) in [5.41, 5.74) is -0.0373. The predicted molar refractivity (Wildman–Crippen MR) is 108 cm³/mol. The Morgan fingerprint density at radius 2 is 1.85 bits per heavy atom. The smallest absolute Gasteiger partial charge is 0.190 e. The number of ether oxygens (including phenoxy) is 1. The van der Waals surface area contributed by atoms with E-state index in [1.165, 1.54) is 12.8 Å². The quantitative estimate of drug-likeness (QED) is 0.344. The summed E-state index contributed by atoms with van der Waals surface area (Å²) in [5, 5.41) is 46.8. The molecule has 1 aromatic rings. The minimum atomic E-state index is -1.61. The van der Waals surface area contributed by atoms with E-state index < -0.39 is 30.6 Å². The van der Waals surface area contributed by atoms with Crippen LogP contribution in [0.2, 0.25) is 0 Å². The van der Waals surface area contributed by atoms with E-state index in [1.54, 1.807) is 0 Å². The summed E-state index contributed by atoms with van der Waals surface area (Å²) in [7, 11) is 0. The molecule has 152 valence electrons. The van der Waals surface area contributed by atoms with Gasteiger partial charge in [0.15, 0.2) is 5.72 Å². The molecule has 1 aromatic carbocycles. The van der Waals surface area contributed by atoms with Crippen molar-refractivity contribution in [1.29, 1.82) is 0 Å². The maximum Gasteiger partial charge on any atom is 0.190 e. The molecule has 0 radical (unpaired) electrons. The van der Waals surface area contributed by atoms with E-state index in [0.717, 1.165) is 27.4 Å². The van der Waals surface area contributed by atoms with Gasteiger partial charge in [0.2, 0.25) is 0 Å². The molecular formula is C18H26Br2N2O5. The van der Waals surface area contributed by atoms with E-state index in [1.807, 2.05) is 12.1 Å². The van der Waals surface area contributed by atoms with Gasteiger partial charge >= 0.3 is 0 Å². The third-order valence-corrected chi connectivity index (χ3v) is 6.43. The molecule has 1 saturated heterocycles. The summed E-state index contributed by atoms with van der Waals surface area (Å²) >= 11 is 7.02. The van der Waals surface area contributed by atoms with Crippen LogP contribution < -0.4 is 10.6 Å². The van der Waals surface area contributed by atoms with Crippen molar-refractivity contribution in [2.45, 2.75) is 62.3 Å². The van der Waals surface area contributed by atoms with Gasteiger partial charge < -0.3 is 35.8 Å². The second-order valence-corrected chi connectivity index (χ2v) is 9.04. The van der Waals surface area contributed by atoms with Gasteiger partial charge in [0.1, 0.15) is 18.3 Å². The summed E-state index contributed by atoms with van der Waals surface area (Å²) in [6.45, 7) is -0.167. The average molecular weight is 510 g/mol. The average Bonchev–Trinajstić information content (AvgIpc) is 3.16. The normalized spacial score (nSPS) is 32.0. The molecular weight excluding hydrogens is 484 g/mol. The van der Waals surface area contributed by atoms with Crippen molar-refractivity contribution in [3.8, 4) is 0 Å². The van der Waals surface area contributed by atoms with Crippen molar-refractivity contribution in [3.05, 3.63) is 26.6 Å². The molecule has 2 fully saturated rings. The fourth-order valence-corrected chi connectivity index (χ4v) is 5.11. The number of hydrogen-bond donors (Lipinski definition) is 6. The van der Waals surface area contributed by atoms with Crippen molar-refractivity contribution in [2.75, 3.05) is 18.5 Å². The maximum absolute atomic E-state index is 10.5. The Morgan fingerprint density at radius 1 is 1.15 bits per heavy atom. The van der Waals surface area contributed by atoms with Crippen molar-refractivity contribution < 1.29 is 25.2 Å². The van der Waals surface area contributed by atoms with Crippen LogP contribution >= 0.6 is 31.9 Å². The van der Waals surface area contributed by atoms with Crippen LogP contribution in [0, 0.1) is 0 Å². The van der Waals surface area contributed by atoms with Crippen molar-refractivity contribution >= 4 is 37.5 Å². The lowest BCUT2D eigenvalue weighted by Crippen LogP contribution is -2.66. The van der Waals surface area contributed by atoms with Crippen LogP contribution in [0.3, 0.4) is 0 Å². The van der Waals surface area contributed by atoms with Gasteiger partial charge in [-0.25, -0.2) is 0 Å². The van der Waals surface area contributed by atoms with Crippen LogP contribution in [0.4, 0.5) is 5.69 Å². The summed E-state index contributed by atoms with van der Waals surface area (Å²) in [5.74, 6) is 0. The Balaban J connectivity index is 1.85. The number of hydrogen-bond acceptors (Lipinski definition) is 7. The fourth-order valence-electron chi connectivity index (χ4n) is 3.70. The van der Waals surface area contributed by atoms with Crippen LogP contribution in [-0.2, 0) is 11.3 Å². The minimum Gasteiger partial charge on any atom is -0.391 e. The van der Waals surface area contributed by atoms with Crippen LogP contribution in [0.25, 0.3) is 0 Å². The lowest BCUT2D eigenvalue weighted by molar-refractivity contribution is -0.235. The summed E-state index contributed by atoms with van der Waals surface area (Å²) in [6, 6.07) is 4.30. The number of aliphatic hydroxyl groups is 4. The second kappa shape index (κ2) is 9.04. The first-order valence-electron chi connectivity index (χ1n) is 9.15. The third-order valence-electron chi connectivity index (χ3n) is 5.35. The van der Waals surface area contributed by atoms with Crippen LogP contribution in [-0.4, -0.2) is 63.7 Å². The molecule has 1 heterocycles. The Labute approximate surface area is 175 Å². The highest BCUT2D eigenvalue weighted by molar-refractivity contribution is 9.11. The number of aliphatic hydroxyl groups excluding tert-OH is 4. The van der Waals surface area contributed by atoms with Gasteiger partial charge in [-0.15, -0.1) is 0 Å². The molecule has 0 aromatic heterocycles. The summed E-state index contributed by atoms with van der Waals surface area (Å²) < 4.78 is 7.17. The molecule has 1 saturated carbocycles. The highest BCUT2D eigenvalue weighted by atomic mass is 79.9. The number of benzene rings is 1. The van der Waals surface area contributed by atoms with Gasteiger partial charge in [-0.2, -0.15) is 0 Å². The number of halogens is 2. The Morgan fingerprint density at radius 3 is 2.52 bits per heavy atom. The molecule has 1 aliphatic carbocycles. The maximum atomic E-state index is 10.5. The molecule has 0 spiro atoms. The van der Waals surface area contributed by atoms with Gasteiger partial charge in [0.25, 0.3) is 0 Å². The molecule has 9 heteroatoms. The van der Waals surface area contributed by atoms with Crippen LogP contribution in [0.15, 0.2) is 21.1 Å². The Bertz CT molecular complexity index is 659. The number of anilines is 1. The zero-order chi connectivity index (χ0) is 19.6. The fraction of sp³-hybridized carbons (Fsp3) is 0.667. The molecule has 7 nitrogen and oxygen atoms in total. The van der Waals surface area contributed by atoms with Crippen LogP contribution in [0.5, 0.6) is 0 Å². The van der Waals surface area contributed by atoms with Gasteiger partial charge in [-0.05, 0) is 46.5 Å². The molecule has 2 aliphatic rings. The highest BCUT2D eigenvalue weighted by Crippen LogP contribution is 2.36. The number of nitrogens with one attached hydrogen (secondary N) is 2. The summed E-state index contributed by atoms with van der Waals surface area (Å²) in [4.78, 5) is 0. The molecule has 0 amide bonds. The zero-order valence-electron chi connectivity index (χ0n) is 14.9. The van der Waals surface area contributed by atoms with Crippen molar-refractivity contribution in [3.63, 3.8) is 0 Å². The first kappa shape index (κ1) is 21.4. The largest absolute Gasteiger partial charge is 0.391 e. The molecule has 3 rings (SSSR count). The molecule has 4 atom stereocenters. The third kappa shape index (κ3) is 4.67. The second-order valence-electron chi connectivity index (χ2n) is 7.27. The zero-order valence-corrected chi connectivity index (χ0v) is 18.0. The van der Waals surface area contributed by atoms with E-state index in [2.05, 4.69) is 42.5 Å². The minimum absolute atomic E-state index is 0.199. The van der Waals surface area contributed by atoms with Gasteiger partial charge in [-0.1, -0.05) is 28.8 Å². The lowest BCUT2D eigenvalue weighted by atomic mass is 9.94. The summed E-state index contributed by atoms with van der Waals surface area (Å²) in [6.07, 6.45) is 0.649. The van der Waals surface area contributed by atoms with E-state index in [0.29, 0.717) is 18.3 Å². The molecule has 1 aliphatic heterocycles. The predicted octanol–water partition coefficient (Wildman–Crippen LogP) is 1.46. The Hall–Kier alpha value is -0.260. The van der Waals surface area contributed by atoms with Gasteiger partial charge in [-0.3, -0.25) is 0 Å². The van der Waals surface area contributed by atoms with E-state index in [4.69, 9.17) is 4.74 Å². The molecule has 0 unspecified atom stereocenters. The van der Waals surface area contributed by atoms with Crippen molar-refractivity contribution in [1.82, 2.24) is 5.32 Å². The first-order valence-corrected chi connectivity index (χ1v) is 10.7. The van der Waals surface area contributed by atoms with E-state index >= 15 is 0 Å². The molecule has 27 heavy (non-hydrogen) atoms. The Kier molecular flexibility index (Phi) is 7.18. The van der Waals surface area contributed by atoms with E-state index in [-0.39, 0.29) is 6.61 Å². The monoisotopic (exact) mass is 508 g/mol. The van der Waals surface area contributed by atoms with Crippen molar-refractivity contribution in [2.24, 2.45) is 0 Å². The topological polar surface area (TPSA) is 114 Å². The SMILES string of the molecule is OC[C@@]1(Nc2c(Br)cc(Br)cc2CNC2CCCC2)OC[C@@H](O)[C@@H](O)[C@@H]1O. The number of rotatable bonds is 6. The first-order chi connectivity index (χ1) is 12.9. The molecule has 6 N–H and O–H groups in total. The lowest BCUT2D eigenvalue weighted by Gasteiger charge is -2.45. The van der Waals surface area contributed by atoms with Crippen LogP contribution in [0.1, 0.15) is 31.2 Å². The van der Waals surface area contributed by atoms with Gasteiger partial charge in [0.05, 0.1) is 18.9 Å². The van der Waals surface area contributed by atoms with Gasteiger partial charge in [0, 0.05) is 21.5 Å². The van der Waals surface area contributed by atoms with E-state index in [9.17, 15) is 20.4 Å².